The predicted octanol–water partition coefficient (Wildman–Crippen LogP) is 8.75. The molecular weight excluding hydrogens is 344 g/mol. The Kier molecular flexibility index (Phi) is 22.1. The van der Waals surface area contributed by atoms with Gasteiger partial charge in [0, 0.05) is 25.7 Å². The maximum Gasteiger partial charge on any atom is 0.132 e. The number of Topliss-reactive ketones (excluding diaryl/α,β-unsaturated/α-hetero) is 2. The first-order valence-electron chi connectivity index (χ1n) is 12.7. The van der Waals surface area contributed by atoms with Crippen LogP contribution in [-0.2, 0) is 9.59 Å². The van der Waals surface area contributed by atoms with Crippen molar-refractivity contribution in [2.75, 3.05) is 0 Å². The molecule has 0 bridgehead atoms. The molecule has 0 aliphatic carbocycles. The van der Waals surface area contributed by atoms with E-state index in [2.05, 4.69) is 13.8 Å². The van der Waals surface area contributed by atoms with E-state index in [1.807, 2.05) is 0 Å². The summed E-state index contributed by atoms with van der Waals surface area (Å²) in [5, 5.41) is 0. The van der Waals surface area contributed by atoms with Crippen LogP contribution in [0.25, 0.3) is 0 Å². The average Bonchev–Trinajstić information content (AvgIpc) is 2.69. The van der Waals surface area contributed by atoms with E-state index in [0.717, 1.165) is 51.4 Å². The maximum atomic E-state index is 11.9. The Bertz CT molecular complexity index is 314. The van der Waals surface area contributed by atoms with Gasteiger partial charge in [0.1, 0.15) is 11.6 Å². The summed E-state index contributed by atoms with van der Waals surface area (Å²) in [6, 6.07) is 0. The topological polar surface area (TPSA) is 34.1 Å². The summed E-state index contributed by atoms with van der Waals surface area (Å²) < 4.78 is 0. The number of rotatable bonds is 23. The van der Waals surface area contributed by atoms with E-state index >= 15 is 0 Å². The normalized spacial score (nSPS) is 11.1. The lowest BCUT2D eigenvalue weighted by molar-refractivity contribution is -0.120. The van der Waals surface area contributed by atoms with Gasteiger partial charge in [-0.25, -0.2) is 0 Å². The maximum absolute atomic E-state index is 11.9. The molecule has 0 aliphatic heterocycles. The number of carbonyl (C=O) groups excluding carboxylic acids is 2. The first kappa shape index (κ1) is 27.3. The summed E-state index contributed by atoms with van der Waals surface area (Å²) >= 11 is 0. The van der Waals surface area contributed by atoms with Crippen LogP contribution in [0.1, 0.15) is 155 Å². The lowest BCUT2D eigenvalue weighted by Gasteiger charge is -2.04. The fourth-order valence-corrected chi connectivity index (χ4v) is 3.81. The molecule has 0 spiro atoms. The zero-order valence-electron chi connectivity index (χ0n) is 19.4. The first-order valence-corrected chi connectivity index (χ1v) is 12.7. The highest BCUT2D eigenvalue weighted by molar-refractivity contribution is 5.78. The highest BCUT2D eigenvalue weighted by Gasteiger charge is 2.03. The minimum atomic E-state index is 0.468. The second-order valence-corrected chi connectivity index (χ2v) is 8.73. The summed E-state index contributed by atoms with van der Waals surface area (Å²) in [5.74, 6) is 0.937. The Labute approximate surface area is 176 Å². The van der Waals surface area contributed by atoms with Gasteiger partial charge in [-0.1, -0.05) is 104 Å². The van der Waals surface area contributed by atoms with Crippen molar-refractivity contribution in [1.82, 2.24) is 0 Å². The van der Waals surface area contributed by atoms with Crippen LogP contribution in [0.2, 0.25) is 0 Å². The highest BCUT2D eigenvalue weighted by atomic mass is 16.1. The van der Waals surface area contributed by atoms with Crippen LogP contribution in [0.5, 0.6) is 0 Å². The summed E-state index contributed by atoms with van der Waals surface area (Å²) in [6.07, 6.45) is 25.2. The van der Waals surface area contributed by atoms with Gasteiger partial charge in [0.25, 0.3) is 0 Å². The molecule has 0 amide bonds. The van der Waals surface area contributed by atoms with Crippen LogP contribution in [-0.4, -0.2) is 11.6 Å². The molecule has 0 aromatic rings. The van der Waals surface area contributed by atoms with E-state index < -0.39 is 0 Å². The van der Waals surface area contributed by atoms with Crippen molar-refractivity contribution in [2.24, 2.45) is 0 Å². The molecule has 166 valence electrons. The average molecular weight is 395 g/mol. The van der Waals surface area contributed by atoms with Gasteiger partial charge in [0.15, 0.2) is 0 Å². The molecule has 0 saturated heterocycles. The Hall–Kier alpha value is -0.660. The molecule has 0 fully saturated rings. The molecule has 28 heavy (non-hydrogen) atoms. The monoisotopic (exact) mass is 394 g/mol. The predicted molar refractivity (Wildman–Crippen MR) is 123 cm³/mol. The molecule has 0 atom stereocenters. The van der Waals surface area contributed by atoms with Gasteiger partial charge in [-0.15, -0.1) is 0 Å². The third kappa shape index (κ3) is 21.6. The van der Waals surface area contributed by atoms with Gasteiger partial charge in [-0.3, -0.25) is 9.59 Å². The van der Waals surface area contributed by atoms with Crippen molar-refractivity contribution in [2.45, 2.75) is 155 Å². The molecule has 0 saturated carbocycles. The molecule has 0 unspecified atom stereocenters. The smallest absolute Gasteiger partial charge is 0.132 e. The molecule has 0 aromatic carbocycles. The van der Waals surface area contributed by atoms with E-state index in [1.165, 1.54) is 89.9 Å². The van der Waals surface area contributed by atoms with Crippen LogP contribution < -0.4 is 0 Å². The van der Waals surface area contributed by atoms with E-state index in [-0.39, 0.29) is 0 Å². The summed E-state index contributed by atoms with van der Waals surface area (Å²) in [4.78, 5) is 23.7. The molecule has 0 radical (unpaired) electrons. The lowest BCUT2D eigenvalue weighted by Crippen LogP contribution is -1.98. The molecule has 2 nitrogen and oxygen atoms in total. The van der Waals surface area contributed by atoms with Gasteiger partial charge in [0.05, 0.1) is 0 Å². The van der Waals surface area contributed by atoms with Gasteiger partial charge in [-0.05, 0) is 25.7 Å². The van der Waals surface area contributed by atoms with Crippen molar-refractivity contribution in [3.8, 4) is 0 Å². The minimum absolute atomic E-state index is 0.468. The third-order valence-corrected chi connectivity index (χ3v) is 5.78. The summed E-state index contributed by atoms with van der Waals surface area (Å²) in [5.41, 5.74) is 0. The molecule has 0 aromatic heterocycles. The fraction of sp³-hybridized carbons (Fsp3) is 0.923. The fourth-order valence-electron chi connectivity index (χ4n) is 3.81. The zero-order valence-corrected chi connectivity index (χ0v) is 19.4. The minimum Gasteiger partial charge on any atom is -0.300 e. The molecule has 0 rings (SSSR count). The van der Waals surface area contributed by atoms with E-state index in [0.29, 0.717) is 11.6 Å². The first-order chi connectivity index (χ1) is 13.7. The van der Waals surface area contributed by atoms with Gasteiger partial charge >= 0.3 is 0 Å². The standard InChI is InChI=1S/C26H50O2/c1-3-5-7-9-13-17-21-25(27)23-19-15-11-12-16-20-24-26(28)22-18-14-10-8-6-4-2/h3-24H2,1-2H3. The summed E-state index contributed by atoms with van der Waals surface area (Å²) in [6.45, 7) is 4.47. The molecule has 2 heteroatoms. The van der Waals surface area contributed by atoms with Crippen molar-refractivity contribution < 1.29 is 9.59 Å². The van der Waals surface area contributed by atoms with Gasteiger partial charge in [0.2, 0.25) is 0 Å². The van der Waals surface area contributed by atoms with Crippen molar-refractivity contribution in [1.29, 1.82) is 0 Å². The van der Waals surface area contributed by atoms with Gasteiger partial charge in [-0.2, -0.15) is 0 Å². The number of carbonyl (C=O) groups is 2. The lowest BCUT2D eigenvalue weighted by atomic mass is 10.0. The Morgan fingerprint density at radius 3 is 0.821 bits per heavy atom. The van der Waals surface area contributed by atoms with Crippen LogP contribution in [0.3, 0.4) is 0 Å². The van der Waals surface area contributed by atoms with Crippen LogP contribution in [0, 0.1) is 0 Å². The SMILES string of the molecule is CCCCCCCCC(=O)CCCCCCCCC(=O)CCCCCCCC. The highest BCUT2D eigenvalue weighted by Crippen LogP contribution is 2.13. The number of unbranched alkanes of at least 4 members (excludes halogenated alkanes) is 15. The Morgan fingerprint density at radius 1 is 0.357 bits per heavy atom. The zero-order chi connectivity index (χ0) is 20.7. The van der Waals surface area contributed by atoms with E-state index in [9.17, 15) is 9.59 Å². The van der Waals surface area contributed by atoms with Crippen LogP contribution in [0.15, 0.2) is 0 Å². The van der Waals surface area contributed by atoms with Crippen molar-refractivity contribution in [3.63, 3.8) is 0 Å². The largest absolute Gasteiger partial charge is 0.300 e. The van der Waals surface area contributed by atoms with Crippen molar-refractivity contribution in [3.05, 3.63) is 0 Å². The third-order valence-electron chi connectivity index (χ3n) is 5.78. The number of ketones is 2. The number of hydrogen-bond donors (Lipinski definition) is 0. The van der Waals surface area contributed by atoms with Gasteiger partial charge < -0.3 is 0 Å². The van der Waals surface area contributed by atoms with E-state index in [4.69, 9.17) is 0 Å². The second kappa shape index (κ2) is 22.6. The second-order valence-electron chi connectivity index (χ2n) is 8.73. The van der Waals surface area contributed by atoms with Crippen LogP contribution in [0.4, 0.5) is 0 Å². The Balaban J connectivity index is 3.25. The van der Waals surface area contributed by atoms with Crippen molar-refractivity contribution >= 4 is 11.6 Å². The molecule has 0 aliphatic rings. The molecule has 0 heterocycles. The molecular formula is C26H50O2. The molecule has 0 N–H and O–H groups in total. The quantitative estimate of drug-likeness (QED) is 0.162. The van der Waals surface area contributed by atoms with Crippen LogP contribution >= 0.6 is 0 Å². The summed E-state index contributed by atoms with van der Waals surface area (Å²) in [7, 11) is 0. The van der Waals surface area contributed by atoms with E-state index in [1.54, 1.807) is 0 Å². The number of hydrogen-bond acceptors (Lipinski definition) is 2. The Morgan fingerprint density at radius 2 is 0.571 bits per heavy atom.